The summed E-state index contributed by atoms with van der Waals surface area (Å²) >= 11 is 1.75. The number of amides is 1. The Bertz CT molecular complexity index is 839. The van der Waals surface area contributed by atoms with E-state index in [1.165, 1.54) is 5.56 Å². The summed E-state index contributed by atoms with van der Waals surface area (Å²) in [4.78, 5) is 20.7. The maximum atomic E-state index is 12.7. The first kappa shape index (κ1) is 15.3. The molecule has 0 spiro atoms. The molecule has 1 saturated heterocycles. The second kappa shape index (κ2) is 6.71. The van der Waals surface area contributed by atoms with Gasteiger partial charge in [0.05, 0.1) is 31.7 Å². The van der Waals surface area contributed by atoms with Crippen LogP contribution < -0.4 is 4.90 Å². The number of benzene rings is 1. The lowest BCUT2D eigenvalue weighted by Crippen LogP contribution is -3.13. The molecule has 24 heavy (non-hydrogen) atoms. The summed E-state index contributed by atoms with van der Waals surface area (Å²) in [7, 11) is 0. The van der Waals surface area contributed by atoms with Gasteiger partial charge in [-0.05, 0) is 29.0 Å². The summed E-state index contributed by atoms with van der Waals surface area (Å²) in [5.41, 5.74) is 2.83. The maximum Gasteiger partial charge on any atom is 0.272 e. The number of rotatable bonds is 3. The van der Waals surface area contributed by atoms with Gasteiger partial charge < -0.3 is 9.80 Å². The summed E-state index contributed by atoms with van der Waals surface area (Å²) in [5, 5.41) is 5.41. The van der Waals surface area contributed by atoms with E-state index in [4.69, 9.17) is 0 Å². The normalized spacial score (nSPS) is 15.8. The quantitative estimate of drug-likeness (QED) is 0.791. The van der Waals surface area contributed by atoms with Crippen LogP contribution >= 0.6 is 11.3 Å². The molecule has 1 N–H and O–H groups in total. The van der Waals surface area contributed by atoms with E-state index in [-0.39, 0.29) is 5.91 Å². The summed E-state index contributed by atoms with van der Waals surface area (Å²) in [5.74, 6) is 0.0512. The van der Waals surface area contributed by atoms with Crippen molar-refractivity contribution >= 4 is 28.1 Å². The second-order valence-corrected chi connectivity index (χ2v) is 7.02. The van der Waals surface area contributed by atoms with E-state index in [0.29, 0.717) is 5.69 Å². The minimum absolute atomic E-state index is 0.0512. The van der Waals surface area contributed by atoms with Gasteiger partial charge in [0.15, 0.2) is 0 Å². The Balaban J connectivity index is 1.41. The van der Waals surface area contributed by atoms with E-state index in [1.807, 2.05) is 41.3 Å². The number of nitrogens with zero attached hydrogens (tertiary/aromatic N) is 2. The molecule has 3 heterocycles. The predicted molar refractivity (Wildman–Crippen MR) is 96.4 cm³/mol. The fourth-order valence-corrected chi connectivity index (χ4v) is 3.90. The van der Waals surface area contributed by atoms with Crippen molar-refractivity contribution in [2.45, 2.75) is 6.54 Å². The van der Waals surface area contributed by atoms with Crippen molar-refractivity contribution in [3.8, 4) is 0 Å². The number of quaternary nitrogens is 1. The predicted octanol–water partition coefficient (Wildman–Crippen LogP) is 1.84. The SMILES string of the molecule is O=C(c1ccc2ccccc2n1)N1CC[NH+](Cc2ccsc2)CC1. The molecule has 1 aliphatic heterocycles. The molecule has 0 bridgehead atoms. The molecule has 4 nitrogen and oxygen atoms in total. The van der Waals surface area contributed by atoms with Gasteiger partial charge in [-0.2, -0.15) is 11.3 Å². The van der Waals surface area contributed by atoms with Crippen LogP contribution in [0.15, 0.2) is 53.2 Å². The van der Waals surface area contributed by atoms with Crippen LogP contribution in [-0.2, 0) is 6.54 Å². The fraction of sp³-hybridized carbons (Fsp3) is 0.263. The van der Waals surface area contributed by atoms with Crippen LogP contribution in [0.2, 0.25) is 0 Å². The number of hydrogen-bond acceptors (Lipinski definition) is 3. The highest BCUT2D eigenvalue weighted by molar-refractivity contribution is 7.07. The number of fused-ring (bicyclic) bond motifs is 1. The Morgan fingerprint density at radius 2 is 1.96 bits per heavy atom. The third kappa shape index (κ3) is 3.18. The fourth-order valence-electron chi connectivity index (χ4n) is 3.23. The Kier molecular flexibility index (Phi) is 4.28. The van der Waals surface area contributed by atoms with Crippen LogP contribution in [0.4, 0.5) is 0 Å². The summed E-state index contributed by atoms with van der Waals surface area (Å²) < 4.78 is 0. The lowest BCUT2D eigenvalue weighted by molar-refractivity contribution is -0.917. The van der Waals surface area contributed by atoms with Crippen molar-refractivity contribution in [3.05, 3.63) is 64.5 Å². The van der Waals surface area contributed by atoms with Gasteiger partial charge in [0, 0.05) is 10.9 Å². The van der Waals surface area contributed by atoms with Gasteiger partial charge in [-0.3, -0.25) is 4.79 Å². The van der Waals surface area contributed by atoms with E-state index in [1.54, 1.807) is 16.2 Å². The number of carbonyl (C=O) groups excluding carboxylic acids is 1. The molecule has 1 amide bonds. The summed E-state index contributed by atoms with van der Waals surface area (Å²) in [6, 6.07) is 13.9. The molecule has 3 aromatic rings. The molecule has 2 aromatic heterocycles. The molecular formula is C19H20N3OS+. The molecule has 4 rings (SSSR count). The molecule has 0 atom stereocenters. The highest BCUT2D eigenvalue weighted by atomic mass is 32.1. The lowest BCUT2D eigenvalue weighted by Gasteiger charge is -2.32. The zero-order valence-electron chi connectivity index (χ0n) is 13.4. The molecule has 122 valence electrons. The van der Waals surface area contributed by atoms with Gasteiger partial charge in [-0.25, -0.2) is 4.98 Å². The van der Waals surface area contributed by atoms with Gasteiger partial charge in [-0.15, -0.1) is 0 Å². The minimum Gasteiger partial charge on any atom is -0.328 e. The van der Waals surface area contributed by atoms with Gasteiger partial charge >= 0.3 is 0 Å². The first-order valence-corrected chi connectivity index (χ1v) is 9.23. The zero-order chi connectivity index (χ0) is 16.4. The molecule has 0 saturated carbocycles. The molecule has 1 aliphatic rings. The van der Waals surface area contributed by atoms with E-state index >= 15 is 0 Å². The first-order valence-electron chi connectivity index (χ1n) is 8.29. The number of nitrogens with one attached hydrogen (secondary N) is 1. The smallest absolute Gasteiger partial charge is 0.272 e. The van der Waals surface area contributed by atoms with Crippen molar-refractivity contribution in [2.75, 3.05) is 26.2 Å². The second-order valence-electron chi connectivity index (χ2n) is 6.24. The van der Waals surface area contributed by atoms with Gasteiger partial charge in [0.2, 0.25) is 0 Å². The summed E-state index contributed by atoms with van der Waals surface area (Å²) in [6.45, 7) is 4.64. The lowest BCUT2D eigenvalue weighted by atomic mass is 10.2. The molecule has 1 aromatic carbocycles. The molecular weight excluding hydrogens is 318 g/mol. The van der Waals surface area contributed by atoms with Crippen LogP contribution in [0, 0.1) is 0 Å². The maximum absolute atomic E-state index is 12.7. The van der Waals surface area contributed by atoms with Gasteiger partial charge in [0.1, 0.15) is 12.2 Å². The minimum atomic E-state index is 0.0512. The number of carbonyl (C=O) groups is 1. The Labute approximate surface area is 145 Å². The number of thiophene rings is 1. The monoisotopic (exact) mass is 338 g/mol. The zero-order valence-corrected chi connectivity index (χ0v) is 14.3. The summed E-state index contributed by atoms with van der Waals surface area (Å²) in [6.07, 6.45) is 0. The third-order valence-corrected chi connectivity index (χ3v) is 5.34. The van der Waals surface area contributed by atoms with E-state index in [9.17, 15) is 4.79 Å². The molecule has 0 aliphatic carbocycles. The number of para-hydroxylation sites is 1. The molecule has 5 heteroatoms. The van der Waals surface area contributed by atoms with Crippen LogP contribution in [0.1, 0.15) is 16.1 Å². The average molecular weight is 338 g/mol. The van der Waals surface area contributed by atoms with Crippen molar-refractivity contribution < 1.29 is 9.69 Å². The molecule has 1 fully saturated rings. The van der Waals surface area contributed by atoms with Crippen LogP contribution in [0.25, 0.3) is 10.9 Å². The molecule has 0 radical (unpaired) electrons. The van der Waals surface area contributed by atoms with Crippen LogP contribution in [-0.4, -0.2) is 42.0 Å². The van der Waals surface area contributed by atoms with Crippen molar-refractivity contribution in [1.82, 2.24) is 9.88 Å². The number of aromatic nitrogens is 1. The van der Waals surface area contributed by atoms with E-state index < -0.39 is 0 Å². The highest BCUT2D eigenvalue weighted by Gasteiger charge is 2.25. The van der Waals surface area contributed by atoms with Gasteiger partial charge in [0.25, 0.3) is 5.91 Å². The van der Waals surface area contributed by atoms with Crippen LogP contribution in [0.5, 0.6) is 0 Å². The number of pyridine rings is 1. The largest absolute Gasteiger partial charge is 0.328 e. The molecule has 0 unspecified atom stereocenters. The highest BCUT2D eigenvalue weighted by Crippen LogP contribution is 2.13. The van der Waals surface area contributed by atoms with Gasteiger partial charge in [-0.1, -0.05) is 24.3 Å². The van der Waals surface area contributed by atoms with Crippen molar-refractivity contribution in [2.24, 2.45) is 0 Å². The third-order valence-electron chi connectivity index (χ3n) is 4.61. The standard InChI is InChI=1S/C19H19N3OS/c23-19(18-6-5-16-3-1-2-4-17(16)20-18)22-10-8-21(9-11-22)13-15-7-12-24-14-15/h1-7,12,14H,8-11,13H2/p+1. The van der Waals surface area contributed by atoms with Crippen molar-refractivity contribution in [1.29, 1.82) is 0 Å². The topological polar surface area (TPSA) is 37.6 Å². The number of piperazine rings is 1. The van der Waals surface area contributed by atoms with E-state index in [0.717, 1.165) is 43.6 Å². The number of hydrogen-bond donors (Lipinski definition) is 1. The Morgan fingerprint density at radius 3 is 2.75 bits per heavy atom. The average Bonchev–Trinajstić information content (AvgIpc) is 3.14. The Hall–Kier alpha value is -2.24. The first-order chi connectivity index (χ1) is 11.8. The van der Waals surface area contributed by atoms with Crippen LogP contribution in [0.3, 0.4) is 0 Å². The van der Waals surface area contributed by atoms with E-state index in [2.05, 4.69) is 21.8 Å². The Morgan fingerprint density at radius 1 is 1.12 bits per heavy atom. The van der Waals surface area contributed by atoms with Crippen molar-refractivity contribution in [3.63, 3.8) is 0 Å².